The van der Waals surface area contributed by atoms with Gasteiger partial charge in [0.05, 0.1) is 18.3 Å². The Morgan fingerprint density at radius 2 is 0.698 bits per heavy atom. The zero-order valence-electron chi connectivity index (χ0n) is 72.8. The number of carbonyl (C=O) groups is 17. The Morgan fingerprint density at radius 1 is 0.362 bits per heavy atom. The van der Waals surface area contributed by atoms with Crippen molar-refractivity contribution >= 4 is 100 Å². The Hall–Kier alpha value is -9.13. The fourth-order valence-electron chi connectivity index (χ4n) is 13.6. The topological polar surface area (TPSA) is 537 Å². The van der Waals surface area contributed by atoms with Gasteiger partial charge in [-0.25, -0.2) is 0 Å². The average molecular weight is 1650 g/mol. The molecule has 37 nitrogen and oxygen atoms in total. The molecular weight excluding hydrogens is 1510 g/mol. The number of amides is 16. The Labute approximate surface area is 682 Å². The van der Waals surface area contributed by atoms with Gasteiger partial charge in [-0.3, -0.25) is 81.5 Å². The van der Waals surface area contributed by atoms with Gasteiger partial charge in [-0.05, 0) is 152 Å². The SMILES string of the molecule is CCC(C)C(NC(=O)C1CC(O)CN1C(=O)C(C)(CC)NC(C)=O)C(=O)NC(C)(CC)C(=O)NC(CC(C)C)C(=O)NC(C)(C)C(=O)NC(C)(C)C(=O)NC(C)(CC)C(=O)N1CC(O)CC1C(=O)NC(CC(C)C)C(=O)NC(C)(CC)C(=O)NC(C)(C)C(=O)N1CC(O)CC1C(=O)NC(C)(CC)C(=O)NC(C)(CC)C(=O)NCC(=O)O. The molecule has 3 aliphatic rings. The zero-order valence-corrected chi connectivity index (χ0v) is 72.8. The molecule has 0 radical (unpaired) electrons. The number of hydrogen-bond acceptors (Lipinski definition) is 20. The van der Waals surface area contributed by atoms with Crippen molar-refractivity contribution in [2.75, 3.05) is 26.2 Å². The van der Waals surface area contributed by atoms with Crippen molar-refractivity contribution < 1.29 is 102 Å². The van der Waals surface area contributed by atoms with Crippen LogP contribution in [0.15, 0.2) is 0 Å². The Bertz CT molecular complexity index is 3670. The molecule has 658 valence electrons. The minimum absolute atomic E-state index is 0.0133. The third-order valence-electron chi connectivity index (χ3n) is 23.0. The molecule has 17 N–H and O–H groups in total. The van der Waals surface area contributed by atoms with Crippen LogP contribution >= 0.6 is 0 Å². The van der Waals surface area contributed by atoms with E-state index in [-0.39, 0.29) is 102 Å². The van der Waals surface area contributed by atoms with Crippen molar-refractivity contribution in [1.29, 1.82) is 0 Å². The van der Waals surface area contributed by atoms with Gasteiger partial charge in [0, 0.05) is 45.8 Å². The first kappa shape index (κ1) is 101. The molecule has 3 rings (SSSR count). The highest BCUT2D eigenvalue weighted by molar-refractivity contribution is 6.04. The van der Waals surface area contributed by atoms with Crippen molar-refractivity contribution in [2.24, 2.45) is 17.8 Å². The maximum Gasteiger partial charge on any atom is 0.322 e. The first-order chi connectivity index (χ1) is 53.2. The van der Waals surface area contributed by atoms with Crippen LogP contribution in [0.1, 0.15) is 250 Å². The van der Waals surface area contributed by atoms with Crippen molar-refractivity contribution in [3.63, 3.8) is 0 Å². The third-order valence-corrected chi connectivity index (χ3v) is 23.0. The largest absolute Gasteiger partial charge is 0.480 e. The first-order valence-corrected chi connectivity index (χ1v) is 40.4. The Morgan fingerprint density at radius 3 is 1.12 bits per heavy atom. The second-order valence-electron chi connectivity index (χ2n) is 35.3. The van der Waals surface area contributed by atoms with Gasteiger partial charge >= 0.3 is 5.97 Å². The number of carboxylic acids is 1. The van der Waals surface area contributed by atoms with Gasteiger partial charge < -0.3 is 104 Å². The van der Waals surface area contributed by atoms with E-state index in [0.29, 0.717) is 6.42 Å². The molecule has 0 aliphatic carbocycles. The molecule has 3 heterocycles. The summed E-state index contributed by atoms with van der Waals surface area (Å²) >= 11 is 0. The summed E-state index contributed by atoms with van der Waals surface area (Å²) in [4.78, 5) is 241. The standard InChI is InChI=1S/C79H136N16O21/c1-26-44(12)55(83-59(105)52-36-47(98)41-95(52)69(115)78(24,31-6)84-45(13)96)61(107)88-75(21,28-3)65(111)82-50(34-43(10)11)56(102)85-71(14,15)62(108)89-72(16,17)63(109)91-79(25,32-7)70(116)94-40-46(97)35-51(94)58(104)81-49(33-42(8)9)57(103)86-76(22,29-4)66(112)90-73(18,19)68(114)93-39-48(99)37-53(93)60(106)87-77(23,30-5)67(113)92-74(20,27-2)64(110)80-38-54(100)101/h42-44,46-53,55,97-99H,26-41H2,1-25H3,(H,80,110)(H,81,104)(H,82,111)(H,83,105)(H,84,96)(H,85,102)(H,86,103)(H,87,106)(H,88,107)(H,89,108)(H,90,112)(H,91,109)(H,92,113)(H,100,101). The van der Waals surface area contributed by atoms with Crippen LogP contribution in [0.25, 0.3) is 0 Å². The average Bonchev–Trinajstić information content (AvgIpc) is 1.14. The van der Waals surface area contributed by atoms with E-state index in [0.717, 1.165) is 9.80 Å². The number of β-amino-alcohol motifs (C(OH)–C–C–N with tert-alkyl or cyclic N) is 3. The monoisotopic (exact) mass is 1650 g/mol. The van der Waals surface area contributed by atoms with Gasteiger partial charge in [-0.1, -0.05) is 89.5 Å². The molecule has 3 saturated heterocycles. The van der Waals surface area contributed by atoms with E-state index in [4.69, 9.17) is 5.11 Å². The van der Waals surface area contributed by atoms with Gasteiger partial charge in [-0.15, -0.1) is 0 Å². The molecule has 16 atom stereocenters. The molecule has 116 heavy (non-hydrogen) atoms. The van der Waals surface area contributed by atoms with Crippen LogP contribution in [0.3, 0.4) is 0 Å². The molecule has 0 bridgehead atoms. The number of rotatable bonds is 41. The van der Waals surface area contributed by atoms with Crippen LogP contribution in [0.4, 0.5) is 0 Å². The lowest BCUT2D eigenvalue weighted by molar-refractivity contribution is -0.148. The maximum atomic E-state index is 14.9. The number of carboxylic acid groups (broad SMARTS) is 1. The zero-order chi connectivity index (χ0) is 89.5. The number of nitrogens with one attached hydrogen (secondary N) is 13. The molecule has 3 fully saturated rings. The summed E-state index contributed by atoms with van der Waals surface area (Å²) in [6, 6.07) is -7.97. The highest BCUT2D eigenvalue weighted by atomic mass is 16.4. The van der Waals surface area contributed by atoms with Crippen molar-refractivity contribution in [3.8, 4) is 0 Å². The number of hydrogen-bond donors (Lipinski definition) is 17. The Kier molecular flexibility index (Phi) is 35.2. The van der Waals surface area contributed by atoms with Crippen LogP contribution in [0.2, 0.25) is 0 Å². The van der Waals surface area contributed by atoms with Crippen LogP contribution in [-0.4, -0.2) is 266 Å². The lowest BCUT2D eigenvalue weighted by Crippen LogP contribution is -2.68. The smallest absolute Gasteiger partial charge is 0.322 e. The maximum absolute atomic E-state index is 14.9. The van der Waals surface area contributed by atoms with Gasteiger partial charge in [0.25, 0.3) is 0 Å². The van der Waals surface area contributed by atoms with E-state index >= 15 is 0 Å². The fourth-order valence-corrected chi connectivity index (χ4v) is 13.6. The highest BCUT2D eigenvalue weighted by Gasteiger charge is 2.53. The molecule has 16 amide bonds. The van der Waals surface area contributed by atoms with E-state index in [9.17, 15) is 96.8 Å². The second kappa shape index (κ2) is 40.3. The molecule has 37 heteroatoms. The lowest BCUT2D eigenvalue weighted by atomic mass is 9.91. The van der Waals surface area contributed by atoms with Crippen LogP contribution in [0.5, 0.6) is 0 Å². The minimum atomic E-state index is -1.85. The summed E-state index contributed by atoms with van der Waals surface area (Å²) in [5.41, 5.74) is -15.6. The van der Waals surface area contributed by atoms with Gasteiger partial charge in [0.15, 0.2) is 0 Å². The van der Waals surface area contributed by atoms with Gasteiger partial charge in [-0.2, -0.15) is 0 Å². The highest BCUT2D eigenvalue weighted by Crippen LogP contribution is 2.30. The predicted molar refractivity (Wildman–Crippen MR) is 427 cm³/mol. The molecule has 0 aromatic rings. The summed E-state index contributed by atoms with van der Waals surface area (Å²) in [6.07, 6.45) is -3.95. The number of likely N-dealkylation sites (tertiary alicyclic amines) is 3. The molecule has 0 aromatic carbocycles. The van der Waals surface area contributed by atoms with Crippen LogP contribution < -0.4 is 69.1 Å². The lowest BCUT2D eigenvalue weighted by Gasteiger charge is -2.39. The van der Waals surface area contributed by atoms with Crippen molar-refractivity contribution in [2.45, 2.75) is 355 Å². The minimum Gasteiger partial charge on any atom is -0.480 e. The van der Waals surface area contributed by atoms with E-state index < -0.39 is 217 Å². The summed E-state index contributed by atoms with van der Waals surface area (Å²) in [6.45, 7) is 36.4. The Balaban J connectivity index is 1.80. The number of nitrogens with zero attached hydrogens (tertiary/aromatic N) is 3. The van der Waals surface area contributed by atoms with E-state index in [1.165, 1.54) is 94.9 Å². The quantitative estimate of drug-likeness (QED) is 0.0352. The van der Waals surface area contributed by atoms with E-state index in [1.54, 1.807) is 83.1 Å². The fraction of sp³-hybridized carbons (Fsp3) is 0.785. The molecule has 0 aromatic heterocycles. The summed E-state index contributed by atoms with van der Waals surface area (Å²) < 4.78 is 0. The molecule has 0 spiro atoms. The summed E-state index contributed by atoms with van der Waals surface area (Å²) in [7, 11) is 0. The molecule has 3 aliphatic heterocycles. The number of aliphatic hydroxyl groups is 3. The van der Waals surface area contributed by atoms with Gasteiger partial charge in [0.1, 0.15) is 92.6 Å². The molecular formula is C79H136N16O21. The summed E-state index contributed by atoms with van der Waals surface area (Å²) in [5.74, 6) is -15.0. The number of aliphatic hydroxyl groups excluding tert-OH is 3. The van der Waals surface area contributed by atoms with Gasteiger partial charge in [0.2, 0.25) is 94.5 Å². The first-order valence-electron chi connectivity index (χ1n) is 40.4. The van der Waals surface area contributed by atoms with Crippen molar-refractivity contribution in [3.05, 3.63) is 0 Å². The van der Waals surface area contributed by atoms with E-state index in [2.05, 4.69) is 69.1 Å². The number of aliphatic carboxylic acids is 1. The van der Waals surface area contributed by atoms with Crippen LogP contribution in [0, 0.1) is 17.8 Å². The predicted octanol–water partition coefficient (Wildman–Crippen LogP) is -0.921. The van der Waals surface area contributed by atoms with E-state index in [1.807, 2.05) is 0 Å². The van der Waals surface area contributed by atoms with Crippen molar-refractivity contribution in [1.82, 2.24) is 83.8 Å². The second-order valence-corrected chi connectivity index (χ2v) is 35.3. The summed E-state index contributed by atoms with van der Waals surface area (Å²) in [5, 5.41) is 76.4. The van der Waals surface area contributed by atoms with Crippen LogP contribution in [-0.2, 0) is 81.5 Å². The number of carbonyl (C=O) groups excluding carboxylic acids is 16. The molecule has 0 saturated carbocycles. The third kappa shape index (κ3) is 25.4. The normalized spacial score (nSPS) is 21.9. The molecule has 16 unspecified atom stereocenters.